The molecule has 0 saturated heterocycles. The highest BCUT2D eigenvalue weighted by molar-refractivity contribution is 5.28. The predicted octanol–water partition coefficient (Wildman–Crippen LogP) is 2.32. The van der Waals surface area contributed by atoms with E-state index in [0.717, 1.165) is 17.8 Å². The van der Waals surface area contributed by atoms with Crippen LogP contribution in [0.25, 0.3) is 0 Å². The molecular formula is C14H16FN3O. The molecule has 100 valence electrons. The van der Waals surface area contributed by atoms with E-state index in [9.17, 15) is 4.39 Å². The summed E-state index contributed by atoms with van der Waals surface area (Å²) in [6.45, 7) is 2.78. The zero-order chi connectivity index (χ0) is 13.7. The Hall–Kier alpha value is -2.01. The Balaban J connectivity index is 2.30. The molecule has 4 nitrogen and oxygen atoms in total. The maximum absolute atomic E-state index is 13.0. The molecular weight excluding hydrogens is 245 g/mol. The van der Waals surface area contributed by atoms with Gasteiger partial charge in [-0.25, -0.2) is 4.39 Å². The molecule has 1 aromatic heterocycles. The van der Waals surface area contributed by atoms with Gasteiger partial charge in [0, 0.05) is 6.07 Å². The molecule has 2 rings (SSSR count). The molecule has 0 bridgehead atoms. The number of aromatic nitrogens is 2. The lowest BCUT2D eigenvalue weighted by molar-refractivity contribution is 0.390. The fourth-order valence-corrected chi connectivity index (χ4v) is 1.85. The summed E-state index contributed by atoms with van der Waals surface area (Å²) in [5, 5.41) is 11.4. The molecule has 1 N–H and O–H groups in total. The van der Waals surface area contributed by atoms with E-state index >= 15 is 0 Å². The van der Waals surface area contributed by atoms with Gasteiger partial charge in [-0.05, 0) is 30.3 Å². The van der Waals surface area contributed by atoms with E-state index < -0.39 is 0 Å². The number of hydrogen-bond acceptors (Lipinski definition) is 4. The van der Waals surface area contributed by atoms with Gasteiger partial charge in [0.1, 0.15) is 5.82 Å². The van der Waals surface area contributed by atoms with E-state index in [1.807, 2.05) is 13.0 Å². The monoisotopic (exact) mass is 261 g/mol. The Morgan fingerprint density at radius 3 is 2.42 bits per heavy atom. The van der Waals surface area contributed by atoms with Gasteiger partial charge < -0.3 is 10.1 Å². The smallest absolute Gasteiger partial charge is 0.233 e. The molecule has 0 saturated carbocycles. The lowest BCUT2D eigenvalue weighted by Crippen LogP contribution is -2.23. The van der Waals surface area contributed by atoms with Gasteiger partial charge >= 0.3 is 0 Å². The molecule has 0 aliphatic heterocycles. The van der Waals surface area contributed by atoms with Crippen molar-refractivity contribution in [2.45, 2.75) is 13.0 Å². The van der Waals surface area contributed by atoms with Gasteiger partial charge in [-0.3, -0.25) is 0 Å². The summed E-state index contributed by atoms with van der Waals surface area (Å²) >= 11 is 0. The van der Waals surface area contributed by atoms with Crippen LogP contribution in [0.1, 0.15) is 24.2 Å². The Labute approximate surface area is 111 Å². The van der Waals surface area contributed by atoms with Gasteiger partial charge in [0.2, 0.25) is 5.88 Å². The van der Waals surface area contributed by atoms with Crippen LogP contribution >= 0.6 is 0 Å². The summed E-state index contributed by atoms with van der Waals surface area (Å²) in [6.07, 6.45) is 0. The Kier molecular flexibility index (Phi) is 4.41. The molecule has 19 heavy (non-hydrogen) atoms. The van der Waals surface area contributed by atoms with Crippen molar-refractivity contribution in [2.75, 3.05) is 13.7 Å². The van der Waals surface area contributed by atoms with Gasteiger partial charge in [0.25, 0.3) is 0 Å². The lowest BCUT2D eigenvalue weighted by atomic mass is 10.0. The van der Waals surface area contributed by atoms with E-state index in [-0.39, 0.29) is 11.9 Å². The van der Waals surface area contributed by atoms with Crippen LogP contribution < -0.4 is 10.1 Å². The summed E-state index contributed by atoms with van der Waals surface area (Å²) in [5.74, 6) is 0.220. The van der Waals surface area contributed by atoms with Crippen LogP contribution in [0.15, 0.2) is 36.4 Å². The van der Waals surface area contributed by atoms with Crippen LogP contribution in [0.2, 0.25) is 0 Å². The number of hydrogen-bond donors (Lipinski definition) is 1. The zero-order valence-electron chi connectivity index (χ0n) is 10.9. The minimum atomic E-state index is -0.250. The minimum absolute atomic E-state index is 0.107. The number of nitrogens with zero attached hydrogens (tertiary/aromatic N) is 2. The van der Waals surface area contributed by atoms with Crippen molar-refractivity contribution >= 4 is 0 Å². The quantitative estimate of drug-likeness (QED) is 0.897. The van der Waals surface area contributed by atoms with Crippen molar-refractivity contribution in [1.29, 1.82) is 0 Å². The summed E-state index contributed by atoms with van der Waals surface area (Å²) in [4.78, 5) is 0. The largest absolute Gasteiger partial charge is 0.480 e. The molecule has 0 aliphatic rings. The van der Waals surface area contributed by atoms with E-state index in [4.69, 9.17) is 4.74 Å². The summed E-state index contributed by atoms with van der Waals surface area (Å²) in [6, 6.07) is 9.87. The van der Waals surface area contributed by atoms with Crippen molar-refractivity contribution in [1.82, 2.24) is 15.5 Å². The normalized spacial score (nSPS) is 12.2. The van der Waals surface area contributed by atoms with Crippen LogP contribution in [0.5, 0.6) is 5.88 Å². The Morgan fingerprint density at radius 1 is 1.16 bits per heavy atom. The van der Waals surface area contributed by atoms with E-state index in [2.05, 4.69) is 15.5 Å². The molecule has 1 unspecified atom stereocenters. The zero-order valence-corrected chi connectivity index (χ0v) is 10.9. The highest BCUT2D eigenvalue weighted by Crippen LogP contribution is 2.21. The van der Waals surface area contributed by atoms with Crippen molar-refractivity contribution in [3.05, 3.63) is 53.5 Å². The topological polar surface area (TPSA) is 47.0 Å². The number of nitrogens with one attached hydrogen (secondary N) is 1. The molecule has 1 heterocycles. The highest BCUT2D eigenvalue weighted by atomic mass is 19.1. The Morgan fingerprint density at radius 2 is 1.89 bits per heavy atom. The van der Waals surface area contributed by atoms with Crippen molar-refractivity contribution in [3.8, 4) is 5.88 Å². The molecule has 5 heteroatoms. The van der Waals surface area contributed by atoms with Gasteiger partial charge in [0.15, 0.2) is 0 Å². The molecule has 1 atom stereocenters. The first-order valence-corrected chi connectivity index (χ1v) is 6.11. The predicted molar refractivity (Wildman–Crippen MR) is 70.5 cm³/mol. The third kappa shape index (κ3) is 3.26. The van der Waals surface area contributed by atoms with Crippen LogP contribution in [-0.4, -0.2) is 23.9 Å². The van der Waals surface area contributed by atoms with Crippen molar-refractivity contribution in [2.24, 2.45) is 0 Å². The maximum atomic E-state index is 13.0. The van der Waals surface area contributed by atoms with Crippen LogP contribution in [0, 0.1) is 5.82 Å². The number of ether oxygens (including phenoxy) is 1. The Bertz CT molecular complexity index is 513. The van der Waals surface area contributed by atoms with Crippen molar-refractivity contribution < 1.29 is 9.13 Å². The standard InChI is InChI=1S/C14H16FN3O/c1-3-16-14(10-4-6-11(15)7-5-10)12-8-9-13(19-2)18-17-12/h4-9,14,16H,3H2,1-2H3. The summed E-state index contributed by atoms with van der Waals surface area (Å²) < 4.78 is 18.0. The molecule has 2 aromatic rings. The minimum Gasteiger partial charge on any atom is -0.480 e. The number of methoxy groups -OCH3 is 1. The second-order valence-electron chi connectivity index (χ2n) is 4.04. The molecule has 0 radical (unpaired) electrons. The fourth-order valence-electron chi connectivity index (χ4n) is 1.85. The first-order chi connectivity index (χ1) is 9.24. The van der Waals surface area contributed by atoms with Gasteiger partial charge in [-0.2, -0.15) is 0 Å². The van der Waals surface area contributed by atoms with E-state index in [0.29, 0.717) is 5.88 Å². The van der Waals surface area contributed by atoms with E-state index in [1.54, 1.807) is 25.3 Å². The highest BCUT2D eigenvalue weighted by Gasteiger charge is 2.15. The number of halogens is 1. The van der Waals surface area contributed by atoms with Gasteiger partial charge in [-0.15, -0.1) is 10.2 Å². The summed E-state index contributed by atoms with van der Waals surface area (Å²) in [7, 11) is 1.55. The third-order valence-corrected chi connectivity index (χ3v) is 2.78. The number of rotatable bonds is 5. The van der Waals surface area contributed by atoms with Gasteiger partial charge in [-0.1, -0.05) is 19.1 Å². The molecule has 0 fully saturated rings. The summed E-state index contributed by atoms with van der Waals surface area (Å²) in [5.41, 5.74) is 1.72. The first-order valence-electron chi connectivity index (χ1n) is 6.11. The molecule has 0 amide bonds. The third-order valence-electron chi connectivity index (χ3n) is 2.78. The van der Waals surface area contributed by atoms with Gasteiger partial charge in [0.05, 0.1) is 18.8 Å². The first kappa shape index (κ1) is 13.4. The van der Waals surface area contributed by atoms with Crippen LogP contribution in [0.3, 0.4) is 0 Å². The molecule has 1 aromatic carbocycles. The van der Waals surface area contributed by atoms with Crippen molar-refractivity contribution in [3.63, 3.8) is 0 Å². The maximum Gasteiger partial charge on any atom is 0.233 e. The van der Waals surface area contributed by atoms with E-state index in [1.165, 1.54) is 12.1 Å². The van der Waals surface area contributed by atoms with Crippen LogP contribution in [0.4, 0.5) is 4.39 Å². The fraction of sp³-hybridized carbons (Fsp3) is 0.286. The average molecular weight is 261 g/mol. The number of benzene rings is 1. The average Bonchev–Trinajstić information content (AvgIpc) is 2.46. The SMILES string of the molecule is CCNC(c1ccc(F)cc1)c1ccc(OC)nn1. The second kappa shape index (κ2) is 6.24. The molecule has 0 aliphatic carbocycles. The second-order valence-corrected chi connectivity index (χ2v) is 4.04. The van der Waals surface area contributed by atoms with Crippen LogP contribution in [-0.2, 0) is 0 Å². The molecule has 0 spiro atoms. The lowest BCUT2D eigenvalue weighted by Gasteiger charge is -2.17.